The van der Waals surface area contributed by atoms with Gasteiger partial charge in [-0.1, -0.05) is 44.2 Å². The second-order valence-electron chi connectivity index (χ2n) is 8.55. The lowest BCUT2D eigenvalue weighted by molar-refractivity contribution is -0.165. The van der Waals surface area contributed by atoms with Gasteiger partial charge in [0.2, 0.25) is 0 Å². The Morgan fingerprint density at radius 3 is 2.35 bits per heavy atom. The summed E-state index contributed by atoms with van der Waals surface area (Å²) in [7, 11) is 0. The van der Waals surface area contributed by atoms with Crippen molar-refractivity contribution in [3.63, 3.8) is 0 Å². The van der Waals surface area contributed by atoms with Crippen LogP contribution in [0.2, 0.25) is 0 Å². The predicted octanol–water partition coefficient (Wildman–Crippen LogP) is 3.97. The number of benzene rings is 1. The topological polar surface area (TPSA) is 29.5 Å². The van der Waals surface area contributed by atoms with Crippen LogP contribution >= 0.6 is 0 Å². The van der Waals surface area contributed by atoms with Crippen LogP contribution in [0, 0.1) is 11.8 Å². The highest BCUT2D eigenvalue weighted by molar-refractivity contribution is 5.77. The summed E-state index contributed by atoms with van der Waals surface area (Å²) in [6.45, 7) is 11.1. The van der Waals surface area contributed by atoms with Gasteiger partial charge in [0, 0.05) is 12.1 Å². The second kappa shape index (κ2) is 5.62. The highest BCUT2D eigenvalue weighted by atomic mass is 16.6. The molecule has 2 bridgehead atoms. The molecule has 0 spiro atoms. The molecular formula is C20H29NO2. The first kappa shape index (κ1) is 16.5. The number of fused-ring (bicyclic) bond motifs is 1. The molecule has 0 unspecified atom stereocenters. The van der Waals surface area contributed by atoms with Crippen molar-refractivity contribution in [2.45, 2.75) is 64.6 Å². The lowest BCUT2D eigenvalue weighted by Gasteiger charge is -2.46. The first-order valence-electron chi connectivity index (χ1n) is 8.78. The van der Waals surface area contributed by atoms with Crippen LogP contribution in [0.25, 0.3) is 0 Å². The summed E-state index contributed by atoms with van der Waals surface area (Å²) >= 11 is 0. The molecule has 1 atom stereocenters. The van der Waals surface area contributed by atoms with Crippen LogP contribution in [-0.2, 0) is 15.1 Å². The summed E-state index contributed by atoms with van der Waals surface area (Å²) in [5.41, 5.74) is 0.952. The largest absolute Gasteiger partial charge is 0.459 e. The zero-order valence-corrected chi connectivity index (χ0v) is 15.0. The first-order chi connectivity index (χ1) is 10.7. The lowest BCUT2D eigenvalue weighted by Crippen LogP contribution is -2.53. The molecule has 0 radical (unpaired) electrons. The molecule has 1 aliphatic carbocycles. The van der Waals surface area contributed by atoms with Crippen LogP contribution < -0.4 is 0 Å². The third-order valence-electron chi connectivity index (χ3n) is 5.18. The van der Waals surface area contributed by atoms with Gasteiger partial charge < -0.3 is 4.74 Å². The van der Waals surface area contributed by atoms with Crippen LogP contribution in [-0.4, -0.2) is 29.1 Å². The predicted molar refractivity (Wildman–Crippen MR) is 92.0 cm³/mol. The van der Waals surface area contributed by atoms with Gasteiger partial charge in [0.1, 0.15) is 11.6 Å². The molecule has 1 saturated carbocycles. The normalized spacial score (nSPS) is 28.5. The van der Waals surface area contributed by atoms with E-state index in [1.807, 2.05) is 20.8 Å². The number of hydrogen-bond acceptors (Lipinski definition) is 3. The smallest absolute Gasteiger partial charge is 0.324 e. The van der Waals surface area contributed by atoms with Crippen molar-refractivity contribution in [2.24, 2.45) is 11.8 Å². The number of carbonyl (C=O) groups excluding carboxylic acids is 1. The van der Waals surface area contributed by atoms with E-state index in [-0.39, 0.29) is 23.5 Å². The molecule has 126 valence electrons. The average molecular weight is 315 g/mol. The lowest BCUT2D eigenvalue weighted by atomic mass is 9.69. The van der Waals surface area contributed by atoms with Crippen LogP contribution in [0.15, 0.2) is 30.3 Å². The van der Waals surface area contributed by atoms with Crippen LogP contribution in [0.1, 0.15) is 53.0 Å². The molecule has 2 saturated heterocycles. The molecule has 3 nitrogen and oxygen atoms in total. The summed E-state index contributed by atoms with van der Waals surface area (Å²) in [4.78, 5) is 15.3. The third kappa shape index (κ3) is 2.91. The Hall–Kier alpha value is -1.35. The van der Waals surface area contributed by atoms with Gasteiger partial charge >= 0.3 is 5.97 Å². The van der Waals surface area contributed by atoms with E-state index in [0.717, 1.165) is 12.5 Å². The molecule has 2 aliphatic heterocycles. The molecule has 23 heavy (non-hydrogen) atoms. The Bertz CT molecular complexity index is 567. The molecule has 4 rings (SSSR count). The van der Waals surface area contributed by atoms with Crippen LogP contribution in [0.3, 0.4) is 0 Å². The SMILES string of the molecule is CC(C)[C@@H](C(=O)OC(C)(C)C)N1CC2CC1(c1ccccc1)C2. The summed E-state index contributed by atoms with van der Waals surface area (Å²) in [6.07, 6.45) is 2.34. The molecule has 0 aromatic heterocycles. The minimum atomic E-state index is -0.438. The Labute approximate surface area is 140 Å². The maximum atomic E-state index is 12.9. The number of nitrogens with zero attached hydrogens (tertiary/aromatic N) is 1. The minimum Gasteiger partial charge on any atom is -0.459 e. The first-order valence-corrected chi connectivity index (χ1v) is 8.78. The molecule has 0 amide bonds. The number of ether oxygens (including phenoxy) is 1. The fraction of sp³-hybridized carbons (Fsp3) is 0.650. The van der Waals surface area contributed by atoms with Crippen molar-refractivity contribution in [1.82, 2.24) is 4.90 Å². The van der Waals surface area contributed by atoms with Crippen molar-refractivity contribution >= 4 is 5.97 Å². The maximum absolute atomic E-state index is 12.9. The Morgan fingerprint density at radius 2 is 1.83 bits per heavy atom. The average Bonchev–Trinajstić information content (AvgIpc) is 2.92. The fourth-order valence-corrected chi connectivity index (χ4v) is 4.36. The zero-order chi connectivity index (χ0) is 16.8. The van der Waals surface area contributed by atoms with Crippen molar-refractivity contribution < 1.29 is 9.53 Å². The molecule has 3 heteroatoms. The number of hydrogen-bond donors (Lipinski definition) is 0. The highest BCUT2D eigenvalue weighted by Gasteiger charge is 2.60. The maximum Gasteiger partial charge on any atom is 0.324 e. The zero-order valence-electron chi connectivity index (χ0n) is 15.0. The van der Waals surface area contributed by atoms with Gasteiger partial charge in [-0.05, 0) is 51.0 Å². The van der Waals surface area contributed by atoms with Gasteiger partial charge in [0.05, 0.1) is 0 Å². The molecule has 0 N–H and O–H groups in total. The van der Waals surface area contributed by atoms with Crippen molar-refractivity contribution in [1.29, 1.82) is 0 Å². The second-order valence-corrected chi connectivity index (χ2v) is 8.55. The van der Waals surface area contributed by atoms with Crippen molar-refractivity contribution in [2.75, 3.05) is 6.54 Å². The minimum absolute atomic E-state index is 0.0395. The highest BCUT2D eigenvalue weighted by Crippen LogP contribution is 2.58. The fourth-order valence-electron chi connectivity index (χ4n) is 4.36. The van der Waals surface area contributed by atoms with Gasteiger partial charge in [-0.15, -0.1) is 0 Å². The van der Waals surface area contributed by atoms with E-state index in [1.54, 1.807) is 0 Å². The third-order valence-corrected chi connectivity index (χ3v) is 5.18. The number of carbonyl (C=O) groups is 1. The van der Waals surface area contributed by atoms with Crippen LogP contribution in [0.4, 0.5) is 0 Å². The standard InChI is InChI=1S/C20H29NO2/c1-14(2)17(18(22)23-19(3,4)5)21-13-15-11-20(21,12-15)16-9-7-6-8-10-16/h6-10,14-15,17H,11-13H2,1-5H3/t15?,17-,20?/m0/s1. The molecular weight excluding hydrogens is 286 g/mol. The van der Waals surface area contributed by atoms with Gasteiger partial charge in [0.25, 0.3) is 0 Å². The van der Waals surface area contributed by atoms with Gasteiger partial charge in [-0.2, -0.15) is 0 Å². The molecule has 3 aliphatic rings. The van der Waals surface area contributed by atoms with E-state index in [0.29, 0.717) is 0 Å². The number of esters is 1. The van der Waals surface area contributed by atoms with E-state index in [1.165, 1.54) is 18.4 Å². The Kier molecular flexibility index (Phi) is 4.04. The summed E-state index contributed by atoms with van der Waals surface area (Å²) in [5, 5.41) is 0. The summed E-state index contributed by atoms with van der Waals surface area (Å²) < 4.78 is 5.74. The summed E-state index contributed by atoms with van der Waals surface area (Å²) in [5.74, 6) is 0.888. The van der Waals surface area contributed by atoms with Crippen molar-refractivity contribution in [3.8, 4) is 0 Å². The molecule has 2 heterocycles. The molecule has 1 aromatic carbocycles. The molecule has 3 fully saturated rings. The van der Waals surface area contributed by atoms with Gasteiger partial charge in [-0.25, -0.2) is 0 Å². The molecule has 1 aromatic rings. The van der Waals surface area contributed by atoms with E-state index in [9.17, 15) is 4.79 Å². The van der Waals surface area contributed by atoms with E-state index < -0.39 is 5.60 Å². The van der Waals surface area contributed by atoms with Crippen LogP contribution in [0.5, 0.6) is 0 Å². The Balaban J connectivity index is 1.90. The van der Waals surface area contributed by atoms with Crippen molar-refractivity contribution in [3.05, 3.63) is 35.9 Å². The van der Waals surface area contributed by atoms with Gasteiger partial charge in [-0.3, -0.25) is 9.69 Å². The van der Waals surface area contributed by atoms with E-state index in [2.05, 4.69) is 49.1 Å². The van der Waals surface area contributed by atoms with E-state index >= 15 is 0 Å². The summed E-state index contributed by atoms with van der Waals surface area (Å²) in [6, 6.07) is 10.5. The number of rotatable bonds is 4. The quantitative estimate of drug-likeness (QED) is 0.787. The Morgan fingerprint density at radius 1 is 1.22 bits per heavy atom. The van der Waals surface area contributed by atoms with Gasteiger partial charge in [0.15, 0.2) is 0 Å². The monoisotopic (exact) mass is 315 g/mol. The van der Waals surface area contributed by atoms with E-state index in [4.69, 9.17) is 4.74 Å².